The van der Waals surface area contributed by atoms with E-state index >= 15 is 4.39 Å². The Labute approximate surface area is 222 Å². The minimum absolute atomic E-state index is 0.0958. The fourth-order valence-corrected chi connectivity index (χ4v) is 4.24. The second-order valence-corrected chi connectivity index (χ2v) is 8.88. The minimum Gasteiger partial charge on any atom is -0.429 e. The van der Waals surface area contributed by atoms with Gasteiger partial charge in [0.15, 0.2) is 23.7 Å². The molecule has 11 heteroatoms. The molecule has 1 fully saturated rings. The molecule has 1 saturated heterocycles. The van der Waals surface area contributed by atoms with Crippen molar-refractivity contribution in [1.82, 2.24) is 0 Å². The molecule has 4 aromatic rings. The zero-order chi connectivity index (χ0) is 28.6. The smallest absolute Gasteiger partial charge is 0.429 e. The van der Waals surface area contributed by atoms with Gasteiger partial charge in [0.25, 0.3) is 0 Å². The summed E-state index contributed by atoms with van der Waals surface area (Å²) in [4.78, 5) is 0. The minimum atomic E-state index is -4.76. The van der Waals surface area contributed by atoms with Crippen molar-refractivity contribution in [1.29, 1.82) is 0 Å². The highest BCUT2D eigenvalue weighted by molar-refractivity contribution is 5.71. The largest absolute Gasteiger partial charge is 0.432 e. The van der Waals surface area contributed by atoms with Crippen molar-refractivity contribution in [3.05, 3.63) is 113 Å². The molecule has 1 heterocycles. The maximum Gasteiger partial charge on any atom is 0.432 e. The van der Waals surface area contributed by atoms with Crippen molar-refractivity contribution in [3.8, 4) is 28.0 Å². The molecular weight excluding hydrogens is 548 g/mol. The molecule has 4 aromatic carbocycles. The van der Waals surface area contributed by atoms with Gasteiger partial charge in [-0.2, -0.15) is 8.78 Å². The number of hydrogen-bond acceptors (Lipinski definition) is 3. The first-order valence-corrected chi connectivity index (χ1v) is 11.9. The number of rotatable bonds is 6. The zero-order valence-electron chi connectivity index (χ0n) is 20.3. The van der Waals surface area contributed by atoms with Gasteiger partial charge >= 0.3 is 6.11 Å². The van der Waals surface area contributed by atoms with Gasteiger partial charge in [0, 0.05) is 23.3 Å². The maximum atomic E-state index is 15.0. The molecule has 0 amide bonds. The molecule has 0 bridgehead atoms. The highest BCUT2D eigenvalue weighted by atomic mass is 19.3. The summed E-state index contributed by atoms with van der Waals surface area (Å²) in [5.74, 6) is -11.3. The first kappa shape index (κ1) is 27.6. The summed E-state index contributed by atoms with van der Waals surface area (Å²) in [5.41, 5.74) is -0.704. The summed E-state index contributed by atoms with van der Waals surface area (Å²) in [6.45, 7) is 1.14. The van der Waals surface area contributed by atoms with E-state index in [0.717, 1.165) is 18.1 Å². The van der Waals surface area contributed by atoms with E-state index in [2.05, 4.69) is 4.74 Å². The van der Waals surface area contributed by atoms with Gasteiger partial charge < -0.3 is 14.2 Å². The molecule has 0 saturated carbocycles. The van der Waals surface area contributed by atoms with Gasteiger partial charge in [-0.3, -0.25) is 0 Å². The molecule has 0 atom stereocenters. The van der Waals surface area contributed by atoms with Crippen LogP contribution in [0.15, 0.2) is 66.7 Å². The average Bonchev–Trinajstić information content (AvgIpc) is 2.91. The Kier molecular flexibility index (Phi) is 7.52. The fourth-order valence-electron chi connectivity index (χ4n) is 4.24. The highest BCUT2D eigenvalue weighted by Crippen LogP contribution is 2.38. The molecule has 0 unspecified atom stereocenters. The van der Waals surface area contributed by atoms with Crippen LogP contribution in [0, 0.1) is 34.9 Å². The lowest BCUT2D eigenvalue weighted by molar-refractivity contribution is -0.189. The number of ether oxygens (including phenoxy) is 3. The molecule has 0 aromatic heterocycles. The van der Waals surface area contributed by atoms with Crippen LogP contribution in [0.25, 0.3) is 22.3 Å². The molecule has 40 heavy (non-hydrogen) atoms. The van der Waals surface area contributed by atoms with E-state index in [0.29, 0.717) is 36.5 Å². The van der Waals surface area contributed by atoms with Crippen LogP contribution in [0.3, 0.4) is 0 Å². The third-order valence-corrected chi connectivity index (χ3v) is 6.16. The Hall–Kier alpha value is -3.96. The van der Waals surface area contributed by atoms with Crippen molar-refractivity contribution in [2.75, 3.05) is 13.2 Å². The van der Waals surface area contributed by atoms with Crippen molar-refractivity contribution >= 4 is 0 Å². The lowest BCUT2D eigenvalue weighted by Gasteiger charge is -2.23. The summed E-state index contributed by atoms with van der Waals surface area (Å²) in [5, 5.41) is 0. The monoisotopic (exact) mass is 566 g/mol. The van der Waals surface area contributed by atoms with Gasteiger partial charge in [-0.15, -0.1) is 0 Å². The van der Waals surface area contributed by atoms with Crippen LogP contribution in [0.4, 0.5) is 35.1 Å². The van der Waals surface area contributed by atoms with Gasteiger partial charge in [0.1, 0.15) is 28.8 Å². The Balaban J connectivity index is 1.39. The first-order chi connectivity index (χ1) is 19.0. The van der Waals surface area contributed by atoms with E-state index in [1.54, 1.807) is 24.3 Å². The van der Waals surface area contributed by atoms with E-state index in [9.17, 15) is 30.7 Å². The van der Waals surface area contributed by atoms with E-state index in [-0.39, 0.29) is 23.3 Å². The third kappa shape index (κ3) is 5.52. The van der Waals surface area contributed by atoms with Gasteiger partial charge in [-0.05, 0) is 41.3 Å². The summed E-state index contributed by atoms with van der Waals surface area (Å²) < 4.78 is 129. The molecule has 208 valence electrons. The van der Waals surface area contributed by atoms with Crippen LogP contribution in [0.1, 0.15) is 23.8 Å². The summed E-state index contributed by atoms with van der Waals surface area (Å²) in [6.07, 6.45) is -4.46. The summed E-state index contributed by atoms with van der Waals surface area (Å²) in [7, 11) is 0. The molecule has 5 rings (SSSR count). The maximum absolute atomic E-state index is 15.0. The van der Waals surface area contributed by atoms with Gasteiger partial charge in [0.05, 0.1) is 13.2 Å². The predicted molar refractivity (Wildman–Crippen MR) is 127 cm³/mol. The summed E-state index contributed by atoms with van der Waals surface area (Å²) in [6, 6.07) is 11.9. The van der Waals surface area contributed by atoms with Gasteiger partial charge in [-0.25, -0.2) is 26.3 Å². The average molecular weight is 566 g/mol. The van der Waals surface area contributed by atoms with E-state index < -0.39 is 58.6 Å². The molecule has 0 N–H and O–H groups in total. The van der Waals surface area contributed by atoms with Crippen LogP contribution >= 0.6 is 0 Å². The molecule has 1 aliphatic heterocycles. The zero-order valence-corrected chi connectivity index (χ0v) is 20.3. The normalized spacial score (nSPS) is 14.4. The number of alkyl halides is 2. The topological polar surface area (TPSA) is 27.7 Å². The number of benzene rings is 4. The lowest BCUT2D eigenvalue weighted by atomic mass is 9.97. The van der Waals surface area contributed by atoms with E-state index in [1.165, 1.54) is 12.1 Å². The molecule has 0 aliphatic carbocycles. The predicted octanol–water partition coefficient (Wildman–Crippen LogP) is 8.42. The Morgan fingerprint density at radius 2 is 1.18 bits per heavy atom. The van der Waals surface area contributed by atoms with Crippen molar-refractivity contribution in [3.63, 3.8) is 0 Å². The standard InChI is InChI=1S/C29H18F8O3/c30-21-10-17(15-2-4-16(5-3-15)28-38-8-1-9-39-28)6-7-20(21)18-11-22(31)26(23(32)12-18)29(36,37)40-19-13-24(33)27(35)25(34)14-19/h2-7,10-14,28H,1,8-9H2. The third-order valence-electron chi connectivity index (χ3n) is 6.16. The van der Waals surface area contributed by atoms with Crippen molar-refractivity contribution in [2.24, 2.45) is 0 Å². The SMILES string of the molecule is Fc1cc(-c2ccc(C3OCCCO3)cc2)ccc1-c1cc(F)c(C(F)(F)Oc2cc(F)c(F)c(F)c2)c(F)c1. The molecule has 0 radical (unpaired) electrons. The molecule has 3 nitrogen and oxygen atoms in total. The lowest BCUT2D eigenvalue weighted by Crippen LogP contribution is -2.25. The quantitative estimate of drug-likeness (QED) is 0.173. The Bertz CT molecular complexity index is 1500. The van der Waals surface area contributed by atoms with Crippen LogP contribution in [-0.4, -0.2) is 13.2 Å². The van der Waals surface area contributed by atoms with E-state index in [1.807, 2.05) is 0 Å². The van der Waals surface area contributed by atoms with Crippen LogP contribution in [0.2, 0.25) is 0 Å². The van der Waals surface area contributed by atoms with Crippen LogP contribution in [-0.2, 0) is 15.6 Å². The van der Waals surface area contributed by atoms with Gasteiger partial charge in [0.2, 0.25) is 0 Å². The Morgan fingerprint density at radius 3 is 1.75 bits per heavy atom. The first-order valence-electron chi connectivity index (χ1n) is 11.9. The molecule has 0 spiro atoms. The number of hydrogen-bond donors (Lipinski definition) is 0. The van der Waals surface area contributed by atoms with Crippen molar-refractivity contribution < 1.29 is 49.3 Å². The fraction of sp³-hybridized carbons (Fsp3) is 0.172. The molecular formula is C29H18F8O3. The molecule has 1 aliphatic rings. The summed E-state index contributed by atoms with van der Waals surface area (Å²) >= 11 is 0. The number of halogens is 8. The second-order valence-electron chi connectivity index (χ2n) is 8.88. The van der Waals surface area contributed by atoms with Crippen molar-refractivity contribution in [2.45, 2.75) is 18.8 Å². The van der Waals surface area contributed by atoms with Crippen LogP contribution < -0.4 is 4.74 Å². The highest BCUT2D eigenvalue weighted by Gasteiger charge is 2.41. The van der Waals surface area contributed by atoms with Gasteiger partial charge in [-0.1, -0.05) is 36.4 Å². The Morgan fingerprint density at radius 1 is 0.625 bits per heavy atom. The second kappa shape index (κ2) is 10.9. The van der Waals surface area contributed by atoms with E-state index in [4.69, 9.17) is 9.47 Å². The van der Waals surface area contributed by atoms with Crippen LogP contribution in [0.5, 0.6) is 5.75 Å².